The van der Waals surface area contributed by atoms with Crippen LogP contribution in [0.25, 0.3) is 43.7 Å². The molecule has 336 valence electrons. The van der Waals surface area contributed by atoms with Crippen LogP contribution >= 0.6 is 0 Å². The van der Waals surface area contributed by atoms with Crippen molar-refractivity contribution in [1.29, 1.82) is 0 Å². The van der Waals surface area contributed by atoms with Crippen LogP contribution in [0.2, 0.25) is 0 Å². The van der Waals surface area contributed by atoms with Crippen molar-refractivity contribution in [3.05, 3.63) is 108 Å². The number of aliphatic imine (C=N–C) groups is 1. The van der Waals surface area contributed by atoms with Crippen molar-refractivity contribution < 1.29 is 33.4 Å². The van der Waals surface area contributed by atoms with E-state index in [1.807, 2.05) is 67.0 Å². The van der Waals surface area contributed by atoms with Crippen LogP contribution in [0, 0.1) is 11.8 Å². The first kappa shape index (κ1) is 43.5. The van der Waals surface area contributed by atoms with E-state index >= 15 is 0 Å². The molecule has 14 heteroatoms. The number of likely N-dealkylation sites (tertiary alicyclic amines) is 2. The molecule has 14 nitrogen and oxygen atoms in total. The summed E-state index contributed by atoms with van der Waals surface area (Å²) in [6.45, 7) is 6.86. The highest BCUT2D eigenvalue weighted by atomic mass is 16.5. The van der Waals surface area contributed by atoms with Crippen LogP contribution in [-0.2, 0) is 30.2 Å². The van der Waals surface area contributed by atoms with Crippen molar-refractivity contribution in [1.82, 2.24) is 30.4 Å². The Balaban J connectivity index is 0.960. The van der Waals surface area contributed by atoms with Gasteiger partial charge in [0, 0.05) is 43.1 Å². The van der Waals surface area contributed by atoms with Gasteiger partial charge in [-0.1, -0.05) is 80.6 Å². The van der Waals surface area contributed by atoms with Gasteiger partial charge in [-0.15, -0.1) is 0 Å². The van der Waals surface area contributed by atoms with E-state index in [1.54, 1.807) is 7.11 Å². The molecule has 6 atom stereocenters. The minimum atomic E-state index is -0.917. The van der Waals surface area contributed by atoms with Crippen molar-refractivity contribution in [2.75, 3.05) is 34.5 Å². The fourth-order valence-electron chi connectivity index (χ4n) is 10.2. The molecule has 3 aliphatic heterocycles. The number of methoxy groups -OCH3 is 3. The number of hydrogen-bond acceptors (Lipinski definition) is 9. The van der Waals surface area contributed by atoms with E-state index < -0.39 is 24.3 Å². The lowest BCUT2D eigenvalue weighted by molar-refractivity contribution is -0.137. The number of carbonyl (C=O) groups excluding carboxylic acids is 4. The molecule has 0 unspecified atom stereocenters. The van der Waals surface area contributed by atoms with E-state index in [4.69, 9.17) is 24.2 Å². The summed E-state index contributed by atoms with van der Waals surface area (Å²) in [7, 11) is 4.26. The van der Waals surface area contributed by atoms with Gasteiger partial charge in [0.25, 0.3) is 0 Å². The minimum absolute atomic E-state index is 0.0167. The van der Waals surface area contributed by atoms with Crippen molar-refractivity contribution in [2.24, 2.45) is 16.8 Å². The third-order valence-corrected chi connectivity index (χ3v) is 13.5. The second kappa shape index (κ2) is 18.0. The van der Waals surface area contributed by atoms with Crippen molar-refractivity contribution in [3.8, 4) is 11.1 Å². The third-order valence-electron chi connectivity index (χ3n) is 13.5. The highest BCUT2D eigenvalue weighted by Crippen LogP contribution is 2.41. The minimum Gasteiger partial charge on any atom is -0.453 e. The molecule has 4 amide bonds. The number of rotatable bonds is 11. The maximum Gasteiger partial charge on any atom is 0.407 e. The number of nitrogens with zero attached hydrogens (tertiary/aromatic N) is 4. The Morgan fingerprint density at radius 2 is 1.49 bits per heavy atom. The summed E-state index contributed by atoms with van der Waals surface area (Å²) in [5.41, 5.74) is 7.53. The maximum absolute atomic E-state index is 14.4. The van der Waals surface area contributed by atoms with Gasteiger partial charge >= 0.3 is 12.2 Å². The first-order valence-electron chi connectivity index (χ1n) is 22.4. The zero-order chi connectivity index (χ0) is 45.5. The molecule has 2 saturated heterocycles. The number of nitrogens with one attached hydrogen (secondary N) is 3. The summed E-state index contributed by atoms with van der Waals surface area (Å²) in [6, 6.07) is 28.4. The second-order valence-electron chi connectivity index (χ2n) is 17.9. The number of aromatic amines is 1. The van der Waals surface area contributed by atoms with Crippen LogP contribution < -0.4 is 10.6 Å². The van der Waals surface area contributed by atoms with E-state index in [0.29, 0.717) is 31.6 Å². The number of amides is 4. The first-order chi connectivity index (χ1) is 31.5. The monoisotopic (exact) mass is 877 g/mol. The van der Waals surface area contributed by atoms with Crippen LogP contribution in [0.5, 0.6) is 0 Å². The Bertz CT molecular complexity index is 2840. The molecular weight excluding hydrogens is 823 g/mol. The molecule has 1 aromatic heterocycles. The van der Waals surface area contributed by atoms with Crippen LogP contribution in [0.4, 0.5) is 15.3 Å². The molecule has 9 rings (SSSR count). The average molecular weight is 878 g/mol. The lowest BCUT2D eigenvalue weighted by Crippen LogP contribution is -2.52. The molecule has 4 heterocycles. The smallest absolute Gasteiger partial charge is 0.407 e. The van der Waals surface area contributed by atoms with E-state index in [1.165, 1.54) is 14.2 Å². The molecule has 0 bridgehead atoms. The number of imidazole rings is 1. The van der Waals surface area contributed by atoms with Gasteiger partial charge in [-0.3, -0.25) is 14.6 Å². The van der Waals surface area contributed by atoms with Gasteiger partial charge in [0.05, 0.1) is 49.6 Å². The largest absolute Gasteiger partial charge is 0.453 e. The summed E-state index contributed by atoms with van der Waals surface area (Å²) < 4.78 is 15.3. The van der Waals surface area contributed by atoms with E-state index in [2.05, 4.69) is 70.2 Å². The van der Waals surface area contributed by atoms with Gasteiger partial charge in [0.1, 0.15) is 17.9 Å². The first-order valence-corrected chi connectivity index (χ1v) is 22.4. The normalized spacial score (nSPS) is 20.3. The molecule has 0 saturated carbocycles. The quantitative estimate of drug-likeness (QED) is 0.116. The number of ether oxygens (including phenoxy) is 3. The molecule has 5 aromatic carbocycles. The van der Waals surface area contributed by atoms with Crippen LogP contribution in [0.1, 0.15) is 69.1 Å². The van der Waals surface area contributed by atoms with Gasteiger partial charge in [-0.25, -0.2) is 14.6 Å². The van der Waals surface area contributed by atoms with Crippen LogP contribution in [-0.4, -0.2) is 102 Å². The number of alkyl carbamates (subject to hydrolysis) is 2. The van der Waals surface area contributed by atoms with Gasteiger partial charge in [-0.2, -0.15) is 0 Å². The Kier molecular flexibility index (Phi) is 12.0. The molecule has 0 radical (unpaired) electrons. The average Bonchev–Trinajstić information content (AvgIpc) is 4.14. The van der Waals surface area contributed by atoms with Gasteiger partial charge in [0.15, 0.2) is 0 Å². The Labute approximate surface area is 377 Å². The topological polar surface area (TPSA) is 168 Å². The van der Waals surface area contributed by atoms with E-state index in [9.17, 15) is 19.2 Å². The lowest BCUT2D eigenvalue weighted by Gasteiger charge is -2.32. The second-order valence-corrected chi connectivity index (χ2v) is 17.9. The summed E-state index contributed by atoms with van der Waals surface area (Å²) >= 11 is 0. The van der Waals surface area contributed by atoms with Crippen LogP contribution in [0.15, 0.2) is 96.0 Å². The number of fused-ring (bicyclic) bond motifs is 6. The molecule has 3 aliphatic rings. The van der Waals surface area contributed by atoms with E-state index in [0.717, 1.165) is 79.3 Å². The number of hydrogen-bond donors (Lipinski definition) is 3. The van der Waals surface area contributed by atoms with Crippen molar-refractivity contribution in [3.63, 3.8) is 0 Å². The predicted molar refractivity (Wildman–Crippen MR) is 250 cm³/mol. The van der Waals surface area contributed by atoms with Gasteiger partial charge < -0.3 is 39.6 Å². The number of carbonyl (C=O) groups is 4. The SMILES string of the molecule is COC[C@H]1C[C@@H](C2=Nc3ccc4cc(-c5ccc6c(ccc7[nH]c([C@@H]8CC[C@H](C)N8C(=O)[C@@H](NC(=O)OC)C(C)C)nc76)c5)ccc4c3C2)N(C(=O)[C@H](NC(=O)OC)c2ccccc2)C1. The standard InChI is InChI=1S/C51H55N7O7/c1-28(2)44(55-50(61)64-5)49(60)58-29(3)12-21-42(58)47-53-40-20-16-35-24-33(14-18-37(35)46(40)54-47)32-13-17-36-34(23-32)15-19-39-38(36)25-41(52-39)43-22-30(27-63-4)26-57(43)48(59)45(56-51(62)65-6)31-10-8-7-9-11-31/h7-11,13-20,23-24,28-30,42-45H,12,21-22,25-27H2,1-6H3,(H,53,54)(H,55,61)(H,56,62)/t29-,30-,42-,43-,44-,45+/m0/s1. The van der Waals surface area contributed by atoms with E-state index in [-0.39, 0.29) is 41.8 Å². The molecule has 6 aromatic rings. The Hall–Kier alpha value is -6.80. The molecule has 65 heavy (non-hydrogen) atoms. The molecule has 3 N–H and O–H groups in total. The summed E-state index contributed by atoms with van der Waals surface area (Å²) in [5.74, 6) is 0.360. The maximum atomic E-state index is 14.4. The zero-order valence-electron chi connectivity index (χ0n) is 37.6. The molecule has 2 fully saturated rings. The fourth-order valence-corrected chi connectivity index (χ4v) is 10.2. The third kappa shape index (κ3) is 8.27. The Morgan fingerprint density at radius 1 is 0.800 bits per heavy atom. The van der Waals surface area contributed by atoms with Crippen LogP contribution in [0.3, 0.4) is 0 Å². The highest BCUT2D eigenvalue weighted by molar-refractivity contribution is 6.08. The van der Waals surface area contributed by atoms with Crippen molar-refractivity contribution >= 4 is 68.0 Å². The highest BCUT2D eigenvalue weighted by Gasteiger charge is 2.43. The summed E-state index contributed by atoms with van der Waals surface area (Å²) in [4.78, 5) is 70.6. The number of H-pyrrole nitrogens is 1. The molecule has 0 aliphatic carbocycles. The number of aromatic nitrogens is 2. The molecular formula is C51H55N7O7. The summed E-state index contributed by atoms with van der Waals surface area (Å²) in [6.07, 6.45) is 1.59. The Morgan fingerprint density at radius 3 is 2.20 bits per heavy atom. The summed E-state index contributed by atoms with van der Waals surface area (Å²) in [5, 5.41) is 9.79. The fraction of sp³-hybridized carbons (Fsp3) is 0.373. The zero-order valence-corrected chi connectivity index (χ0v) is 37.6. The molecule has 0 spiro atoms. The predicted octanol–water partition coefficient (Wildman–Crippen LogP) is 8.56. The van der Waals surface area contributed by atoms with Gasteiger partial charge in [-0.05, 0) is 94.8 Å². The van der Waals surface area contributed by atoms with Crippen molar-refractivity contribution in [2.45, 2.75) is 76.7 Å². The lowest BCUT2D eigenvalue weighted by atomic mass is 9.94. The number of benzene rings is 5. The van der Waals surface area contributed by atoms with Gasteiger partial charge in [0.2, 0.25) is 11.8 Å².